The van der Waals surface area contributed by atoms with Crippen molar-refractivity contribution >= 4 is 12.0 Å². The van der Waals surface area contributed by atoms with Crippen molar-refractivity contribution in [1.29, 1.82) is 0 Å². The number of carboxylic acid groups (broad SMARTS) is 1. The molecule has 2 aliphatic rings. The van der Waals surface area contributed by atoms with E-state index in [4.69, 9.17) is 9.72 Å². The lowest BCUT2D eigenvalue weighted by Crippen LogP contribution is -2.31. The molecule has 1 aromatic heterocycles. The highest BCUT2D eigenvalue weighted by molar-refractivity contribution is 5.83. The van der Waals surface area contributed by atoms with Gasteiger partial charge in [-0.2, -0.15) is 0 Å². The summed E-state index contributed by atoms with van der Waals surface area (Å²) >= 11 is 0. The Kier molecular flexibility index (Phi) is 4.30. The van der Waals surface area contributed by atoms with E-state index in [1.54, 1.807) is 0 Å². The Bertz CT molecular complexity index is 783. The van der Waals surface area contributed by atoms with Crippen molar-refractivity contribution in [3.63, 3.8) is 0 Å². The van der Waals surface area contributed by atoms with Crippen LogP contribution >= 0.6 is 0 Å². The zero-order chi connectivity index (χ0) is 17.2. The first-order chi connectivity index (χ1) is 12.2. The Hall–Kier alpha value is -2.56. The molecule has 1 fully saturated rings. The Morgan fingerprint density at radius 2 is 1.80 bits per heavy atom. The van der Waals surface area contributed by atoms with Gasteiger partial charge in [0.05, 0.1) is 0 Å². The van der Waals surface area contributed by atoms with E-state index in [0.717, 1.165) is 67.6 Å². The Morgan fingerprint density at radius 1 is 1.04 bits per heavy atom. The Labute approximate surface area is 147 Å². The van der Waals surface area contributed by atoms with Crippen LogP contribution in [0.1, 0.15) is 36.9 Å². The molecule has 5 heteroatoms. The predicted molar refractivity (Wildman–Crippen MR) is 96.4 cm³/mol. The third kappa shape index (κ3) is 3.06. The maximum atomic E-state index is 11.4. The van der Waals surface area contributed by atoms with Crippen molar-refractivity contribution in [2.75, 3.05) is 18.0 Å². The summed E-state index contributed by atoms with van der Waals surface area (Å²) in [7, 11) is 0. The number of benzene rings is 1. The van der Waals surface area contributed by atoms with Crippen LogP contribution in [0, 0.1) is 0 Å². The van der Waals surface area contributed by atoms with E-state index in [2.05, 4.69) is 4.90 Å². The van der Waals surface area contributed by atoms with Crippen LogP contribution in [0.4, 0.5) is 10.6 Å². The van der Waals surface area contributed by atoms with Gasteiger partial charge in [0.25, 0.3) is 0 Å². The second kappa shape index (κ2) is 6.75. The number of fused-ring (bicyclic) bond motifs is 1. The minimum atomic E-state index is -1.28. The largest absolute Gasteiger partial charge is 0.511 e. The average Bonchev–Trinajstić information content (AvgIpc) is 3.10. The van der Waals surface area contributed by atoms with E-state index in [0.29, 0.717) is 11.6 Å². The summed E-state index contributed by atoms with van der Waals surface area (Å²) in [4.78, 5) is 18.5. The number of anilines is 1. The standard InChI is InChI=1S/C20H22N2O3/c23-20(24)25-18-17(14-8-3-1-4-9-14)15-10-7-11-16(15)21-19(18)22-12-5-2-6-13-22/h1,3-4,8-9H,2,5-7,10-13H2,(H,23,24). The van der Waals surface area contributed by atoms with E-state index in [1.807, 2.05) is 30.3 Å². The molecule has 1 aliphatic carbocycles. The van der Waals surface area contributed by atoms with Gasteiger partial charge in [-0.1, -0.05) is 30.3 Å². The van der Waals surface area contributed by atoms with Gasteiger partial charge in [0, 0.05) is 24.3 Å². The van der Waals surface area contributed by atoms with Gasteiger partial charge in [-0.15, -0.1) is 0 Å². The lowest BCUT2D eigenvalue weighted by Gasteiger charge is -2.30. The number of piperidine rings is 1. The molecule has 1 saturated heterocycles. The van der Waals surface area contributed by atoms with E-state index >= 15 is 0 Å². The van der Waals surface area contributed by atoms with Crippen LogP contribution < -0.4 is 9.64 Å². The lowest BCUT2D eigenvalue weighted by molar-refractivity contribution is 0.144. The molecule has 25 heavy (non-hydrogen) atoms. The molecule has 1 aliphatic heterocycles. The SMILES string of the molecule is O=C(O)Oc1c(N2CCCCC2)nc2c(c1-c1ccccc1)CCC2. The summed E-state index contributed by atoms with van der Waals surface area (Å²) in [6.07, 6.45) is 5.06. The molecule has 0 saturated carbocycles. The first kappa shape index (κ1) is 15.9. The van der Waals surface area contributed by atoms with Crippen LogP contribution in [-0.4, -0.2) is 29.3 Å². The number of hydrogen-bond acceptors (Lipinski definition) is 4. The minimum Gasteiger partial charge on any atom is -0.449 e. The van der Waals surface area contributed by atoms with Crippen LogP contribution in [0.5, 0.6) is 5.75 Å². The second-order valence-corrected chi connectivity index (χ2v) is 6.70. The molecule has 130 valence electrons. The maximum absolute atomic E-state index is 11.4. The minimum absolute atomic E-state index is 0.404. The van der Waals surface area contributed by atoms with Crippen molar-refractivity contribution in [2.24, 2.45) is 0 Å². The molecule has 0 radical (unpaired) electrons. The third-order valence-corrected chi connectivity index (χ3v) is 5.07. The van der Waals surface area contributed by atoms with Gasteiger partial charge in [0.15, 0.2) is 11.6 Å². The smallest absolute Gasteiger partial charge is 0.449 e. The van der Waals surface area contributed by atoms with Crippen molar-refractivity contribution in [3.8, 4) is 16.9 Å². The number of aryl methyl sites for hydroxylation is 1. The normalized spacial score (nSPS) is 16.6. The van der Waals surface area contributed by atoms with Gasteiger partial charge in [0.2, 0.25) is 0 Å². The second-order valence-electron chi connectivity index (χ2n) is 6.70. The fourth-order valence-electron chi connectivity index (χ4n) is 3.96. The molecular weight excluding hydrogens is 316 g/mol. The Morgan fingerprint density at radius 3 is 2.52 bits per heavy atom. The van der Waals surface area contributed by atoms with Crippen molar-refractivity contribution in [2.45, 2.75) is 38.5 Å². The molecule has 0 bridgehead atoms. The summed E-state index contributed by atoms with van der Waals surface area (Å²) in [5, 5.41) is 9.34. The van der Waals surface area contributed by atoms with E-state index in [9.17, 15) is 9.90 Å². The number of carbonyl (C=O) groups is 1. The van der Waals surface area contributed by atoms with Gasteiger partial charge in [-0.3, -0.25) is 0 Å². The highest BCUT2D eigenvalue weighted by atomic mass is 16.7. The highest BCUT2D eigenvalue weighted by Gasteiger charge is 2.29. The van der Waals surface area contributed by atoms with E-state index < -0.39 is 6.16 Å². The van der Waals surface area contributed by atoms with Gasteiger partial charge in [-0.05, 0) is 49.7 Å². The maximum Gasteiger partial charge on any atom is 0.511 e. The van der Waals surface area contributed by atoms with Gasteiger partial charge in [0.1, 0.15) is 0 Å². The molecular formula is C20H22N2O3. The predicted octanol–water partition coefficient (Wildman–Crippen LogP) is 4.28. The Balaban J connectivity index is 1.93. The first-order valence-corrected chi connectivity index (χ1v) is 9.01. The summed E-state index contributed by atoms with van der Waals surface area (Å²) in [5.41, 5.74) is 4.14. The van der Waals surface area contributed by atoms with Crippen molar-refractivity contribution < 1.29 is 14.6 Å². The lowest BCUT2D eigenvalue weighted by atomic mass is 9.97. The van der Waals surface area contributed by atoms with Gasteiger partial charge >= 0.3 is 6.16 Å². The number of hydrogen-bond donors (Lipinski definition) is 1. The summed E-state index contributed by atoms with van der Waals surface area (Å²) < 4.78 is 5.32. The van der Waals surface area contributed by atoms with Crippen molar-refractivity contribution in [1.82, 2.24) is 4.98 Å². The van der Waals surface area contributed by atoms with Crippen molar-refractivity contribution in [3.05, 3.63) is 41.6 Å². The zero-order valence-electron chi connectivity index (χ0n) is 14.2. The highest BCUT2D eigenvalue weighted by Crippen LogP contribution is 2.44. The molecule has 1 aromatic carbocycles. The number of rotatable bonds is 3. The molecule has 1 N–H and O–H groups in total. The molecule has 2 heterocycles. The van der Waals surface area contributed by atoms with E-state index in [1.165, 1.54) is 6.42 Å². The number of pyridine rings is 1. The number of aromatic nitrogens is 1. The third-order valence-electron chi connectivity index (χ3n) is 5.07. The molecule has 0 amide bonds. The molecule has 0 spiro atoms. The molecule has 0 atom stereocenters. The quantitative estimate of drug-likeness (QED) is 0.846. The van der Waals surface area contributed by atoms with Crippen LogP contribution in [-0.2, 0) is 12.8 Å². The van der Waals surface area contributed by atoms with Gasteiger partial charge < -0.3 is 14.7 Å². The summed E-state index contributed by atoms with van der Waals surface area (Å²) in [6.45, 7) is 1.80. The van der Waals surface area contributed by atoms with Crippen LogP contribution in [0.2, 0.25) is 0 Å². The summed E-state index contributed by atoms with van der Waals surface area (Å²) in [5.74, 6) is 1.10. The fourth-order valence-corrected chi connectivity index (χ4v) is 3.96. The average molecular weight is 338 g/mol. The fraction of sp³-hybridized carbons (Fsp3) is 0.400. The number of ether oxygens (including phenoxy) is 1. The molecule has 4 rings (SSSR count). The van der Waals surface area contributed by atoms with Crippen LogP contribution in [0.25, 0.3) is 11.1 Å². The topological polar surface area (TPSA) is 62.7 Å². The molecule has 2 aromatic rings. The van der Waals surface area contributed by atoms with Crippen LogP contribution in [0.3, 0.4) is 0 Å². The summed E-state index contributed by atoms with van der Waals surface area (Å²) in [6, 6.07) is 9.95. The number of nitrogens with zero attached hydrogens (tertiary/aromatic N) is 2. The van der Waals surface area contributed by atoms with Gasteiger partial charge in [-0.25, -0.2) is 9.78 Å². The zero-order valence-corrected chi connectivity index (χ0v) is 14.2. The van der Waals surface area contributed by atoms with E-state index in [-0.39, 0.29) is 0 Å². The molecule has 0 unspecified atom stereocenters. The first-order valence-electron chi connectivity index (χ1n) is 9.01. The van der Waals surface area contributed by atoms with Crippen LogP contribution in [0.15, 0.2) is 30.3 Å². The molecule has 5 nitrogen and oxygen atoms in total. The monoisotopic (exact) mass is 338 g/mol.